The molecular formula is C15H17N3O3. The van der Waals surface area contributed by atoms with Gasteiger partial charge < -0.3 is 10.4 Å². The van der Waals surface area contributed by atoms with E-state index in [1.165, 1.54) is 12.1 Å². The van der Waals surface area contributed by atoms with Gasteiger partial charge in [-0.25, -0.2) is 4.79 Å². The zero-order valence-electron chi connectivity index (χ0n) is 12.2. The summed E-state index contributed by atoms with van der Waals surface area (Å²) in [6, 6.07) is 6.33. The van der Waals surface area contributed by atoms with E-state index in [0.29, 0.717) is 17.9 Å². The third-order valence-corrected chi connectivity index (χ3v) is 3.17. The first-order chi connectivity index (χ1) is 9.92. The minimum Gasteiger partial charge on any atom is -0.478 e. The molecule has 0 aliphatic heterocycles. The number of aryl methyl sites for hydroxylation is 3. The number of aromatic nitrogens is 2. The molecule has 2 aromatic rings. The van der Waals surface area contributed by atoms with Crippen LogP contribution in [0.15, 0.2) is 24.3 Å². The van der Waals surface area contributed by atoms with Crippen molar-refractivity contribution in [1.29, 1.82) is 0 Å². The smallest absolute Gasteiger partial charge is 0.335 e. The van der Waals surface area contributed by atoms with E-state index >= 15 is 0 Å². The average molecular weight is 287 g/mol. The fourth-order valence-corrected chi connectivity index (χ4v) is 2.05. The Morgan fingerprint density at radius 1 is 1.29 bits per heavy atom. The number of nitrogens with zero attached hydrogens (tertiary/aromatic N) is 2. The molecule has 0 atom stereocenters. The quantitative estimate of drug-likeness (QED) is 0.904. The van der Waals surface area contributed by atoms with E-state index in [1.54, 1.807) is 16.8 Å². The molecule has 0 spiro atoms. The summed E-state index contributed by atoms with van der Waals surface area (Å²) in [5, 5.41) is 16.0. The van der Waals surface area contributed by atoms with Gasteiger partial charge in [0, 0.05) is 12.2 Å². The number of aromatic carboxylic acids is 1. The van der Waals surface area contributed by atoms with Gasteiger partial charge in [-0.2, -0.15) is 5.10 Å². The average Bonchev–Trinajstić information content (AvgIpc) is 2.82. The highest BCUT2D eigenvalue weighted by Crippen LogP contribution is 2.18. The Hall–Kier alpha value is -2.63. The molecule has 1 amide bonds. The predicted molar refractivity (Wildman–Crippen MR) is 78.7 cm³/mol. The van der Waals surface area contributed by atoms with Crippen LogP contribution in [0.1, 0.15) is 39.0 Å². The van der Waals surface area contributed by atoms with Crippen molar-refractivity contribution < 1.29 is 14.7 Å². The number of hydrogen-bond donors (Lipinski definition) is 2. The number of amides is 1. The van der Waals surface area contributed by atoms with Gasteiger partial charge >= 0.3 is 5.97 Å². The van der Waals surface area contributed by atoms with Crippen molar-refractivity contribution in [2.45, 2.75) is 27.3 Å². The van der Waals surface area contributed by atoms with Crippen LogP contribution < -0.4 is 5.32 Å². The van der Waals surface area contributed by atoms with E-state index < -0.39 is 5.97 Å². The second kappa shape index (κ2) is 5.78. The number of carboxylic acid groups (broad SMARTS) is 1. The van der Waals surface area contributed by atoms with Crippen LogP contribution in [0.5, 0.6) is 0 Å². The molecule has 110 valence electrons. The van der Waals surface area contributed by atoms with Crippen LogP contribution >= 0.6 is 0 Å². The molecule has 0 aliphatic carbocycles. The van der Waals surface area contributed by atoms with Gasteiger partial charge in [0.25, 0.3) is 5.91 Å². The van der Waals surface area contributed by atoms with Crippen molar-refractivity contribution in [3.63, 3.8) is 0 Å². The number of anilines is 1. The highest BCUT2D eigenvalue weighted by molar-refractivity contribution is 6.04. The first kappa shape index (κ1) is 14.8. The SMILES string of the molecule is CCn1nc(C)cc1C(=O)Nc1cc(C(=O)O)ccc1C. The van der Waals surface area contributed by atoms with E-state index in [9.17, 15) is 9.59 Å². The summed E-state index contributed by atoms with van der Waals surface area (Å²) < 4.78 is 1.61. The predicted octanol–water partition coefficient (Wildman–Crippen LogP) is 2.47. The highest BCUT2D eigenvalue weighted by atomic mass is 16.4. The number of carbonyl (C=O) groups excluding carboxylic acids is 1. The van der Waals surface area contributed by atoms with Crippen molar-refractivity contribution in [1.82, 2.24) is 9.78 Å². The Morgan fingerprint density at radius 2 is 2.00 bits per heavy atom. The standard InChI is InChI=1S/C15H17N3O3/c1-4-18-13(7-10(3)17-18)14(19)16-12-8-11(15(20)21)6-5-9(12)2/h5-8H,4H2,1-3H3,(H,16,19)(H,20,21). The van der Waals surface area contributed by atoms with Gasteiger partial charge in [0.15, 0.2) is 0 Å². The van der Waals surface area contributed by atoms with Gasteiger partial charge in [0.1, 0.15) is 5.69 Å². The zero-order valence-corrected chi connectivity index (χ0v) is 12.2. The van der Waals surface area contributed by atoms with E-state index in [-0.39, 0.29) is 11.5 Å². The maximum Gasteiger partial charge on any atom is 0.335 e. The Labute approximate surface area is 122 Å². The largest absolute Gasteiger partial charge is 0.478 e. The van der Waals surface area contributed by atoms with Crippen molar-refractivity contribution >= 4 is 17.6 Å². The van der Waals surface area contributed by atoms with Gasteiger partial charge in [0.2, 0.25) is 0 Å². The molecule has 1 heterocycles. The van der Waals surface area contributed by atoms with E-state index in [4.69, 9.17) is 5.11 Å². The molecule has 1 aromatic heterocycles. The molecule has 0 bridgehead atoms. The van der Waals surface area contributed by atoms with Crippen LogP contribution in [0, 0.1) is 13.8 Å². The molecule has 1 aromatic carbocycles. The molecule has 6 heteroatoms. The molecule has 2 N–H and O–H groups in total. The minimum absolute atomic E-state index is 0.135. The van der Waals surface area contributed by atoms with Crippen LogP contribution in [0.4, 0.5) is 5.69 Å². The van der Waals surface area contributed by atoms with Gasteiger partial charge in [0.05, 0.1) is 11.3 Å². The first-order valence-corrected chi connectivity index (χ1v) is 6.62. The number of benzene rings is 1. The van der Waals surface area contributed by atoms with Crippen molar-refractivity contribution in [2.75, 3.05) is 5.32 Å². The number of hydrogen-bond acceptors (Lipinski definition) is 3. The summed E-state index contributed by atoms with van der Waals surface area (Å²) >= 11 is 0. The maximum atomic E-state index is 12.3. The monoisotopic (exact) mass is 287 g/mol. The Bertz CT molecular complexity index is 704. The highest BCUT2D eigenvalue weighted by Gasteiger charge is 2.15. The van der Waals surface area contributed by atoms with Crippen LogP contribution in [-0.4, -0.2) is 26.8 Å². The zero-order chi connectivity index (χ0) is 15.6. The van der Waals surface area contributed by atoms with Gasteiger partial charge in [-0.05, 0) is 44.5 Å². The van der Waals surface area contributed by atoms with Crippen molar-refractivity contribution in [3.05, 3.63) is 46.8 Å². The Kier molecular flexibility index (Phi) is 4.07. The fourth-order valence-electron chi connectivity index (χ4n) is 2.05. The summed E-state index contributed by atoms with van der Waals surface area (Å²) in [5.74, 6) is -1.33. The van der Waals surface area contributed by atoms with Gasteiger partial charge in [-0.1, -0.05) is 6.07 Å². The molecule has 0 fully saturated rings. The molecule has 0 aliphatic rings. The molecule has 0 saturated carbocycles. The second-order valence-electron chi connectivity index (χ2n) is 4.78. The molecule has 0 unspecified atom stereocenters. The molecule has 0 radical (unpaired) electrons. The summed E-state index contributed by atoms with van der Waals surface area (Å²) in [7, 11) is 0. The fraction of sp³-hybridized carbons (Fsp3) is 0.267. The normalized spacial score (nSPS) is 10.4. The molecule has 21 heavy (non-hydrogen) atoms. The molecule has 0 saturated heterocycles. The number of rotatable bonds is 4. The van der Waals surface area contributed by atoms with Gasteiger partial charge in [-0.3, -0.25) is 9.48 Å². The third kappa shape index (κ3) is 3.10. The number of carbonyl (C=O) groups is 2. The van der Waals surface area contributed by atoms with Crippen molar-refractivity contribution in [3.8, 4) is 0 Å². The van der Waals surface area contributed by atoms with Crippen LogP contribution in [0.25, 0.3) is 0 Å². The lowest BCUT2D eigenvalue weighted by atomic mass is 10.1. The van der Waals surface area contributed by atoms with E-state index in [1.807, 2.05) is 20.8 Å². The lowest BCUT2D eigenvalue weighted by molar-refractivity contribution is 0.0696. The topological polar surface area (TPSA) is 84.2 Å². The summed E-state index contributed by atoms with van der Waals surface area (Å²) in [6.07, 6.45) is 0. The number of nitrogens with one attached hydrogen (secondary N) is 1. The molecule has 2 rings (SSSR count). The maximum absolute atomic E-state index is 12.3. The lowest BCUT2D eigenvalue weighted by Gasteiger charge is -2.10. The first-order valence-electron chi connectivity index (χ1n) is 6.62. The summed E-state index contributed by atoms with van der Waals surface area (Å²) in [6.45, 7) is 6.12. The van der Waals surface area contributed by atoms with Crippen LogP contribution in [0.2, 0.25) is 0 Å². The molecular weight excluding hydrogens is 270 g/mol. The lowest BCUT2D eigenvalue weighted by Crippen LogP contribution is -2.18. The second-order valence-corrected chi connectivity index (χ2v) is 4.78. The van der Waals surface area contributed by atoms with Crippen molar-refractivity contribution in [2.24, 2.45) is 0 Å². The Morgan fingerprint density at radius 3 is 2.62 bits per heavy atom. The van der Waals surface area contributed by atoms with Crippen LogP contribution in [-0.2, 0) is 6.54 Å². The van der Waals surface area contributed by atoms with E-state index in [0.717, 1.165) is 11.3 Å². The third-order valence-electron chi connectivity index (χ3n) is 3.17. The Balaban J connectivity index is 2.31. The number of carboxylic acids is 1. The van der Waals surface area contributed by atoms with Crippen LogP contribution in [0.3, 0.4) is 0 Å². The van der Waals surface area contributed by atoms with E-state index in [2.05, 4.69) is 10.4 Å². The summed E-state index contributed by atoms with van der Waals surface area (Å²) in [4.78, 5) is 23.3. The van der Waals surface area contributed by atoms with Gasteiger partial charge in [-0.15, -0.1) is 0 Å². The summed E-state index contributed by atoms with van der Waals surface area (Å²) in [5.41, 5.74) is 2.64. The minimum atomic E-state index is -1.03. The molecule has 6 nitrogen and oxygen atoms in total.